The molecule has 2 N–H and O–H groups in total. The Bertz CT molecular complexity index is 342. The molecule has 0 radical (unpaired) electrons. The van der Waals surface area contributed by atoms with Crippen molar-refractivity contribution in [1.82, 2.24) is 20.4 Å². The standard InChI is InChI=1S/C17H35N5O.HI/c1-3-18-17(20-15-16-7-6-14-23-16)19-8-4-5-9-22-12-10-21(2)11-13-22;/h16H,3-15H2,1-2H3,(H2,18,19,20);1H. The van der Waals surface area contributed by atoms with E-state index < -0.39 is 0 Å². The molecule has 0 spiro atoms. The summed E-state index contributed by atoms with van der Waals surface area (Å²) < 4.78 is 5.63. The van der Waals surface area contributed by atoms with Crippen molar-refractivity contribution in [2.75, 3.05) is 66.0 Å². The first-order valence-electron chi connectivity index (χ1n) is 9.32. The summed E-state index contributed by atoms with van der Waals surface area (Å²) in [4.78, 5) is 9.63. The van der Waals surface area contributed by atoms with E-state index in [2.05, 4.69) is 39.4 Å². The van der Waals surface area contributed by atoms with E-state index in [1.165, 1.54) is 52.0 Å². The van der Waals surface area contributed by atoms with Gasteiger partial charge in [0.2, 0.25) is 0 Å². The summed E-state index contributed by atoms with van der Waals surface area (Å²) in [6, 6.07) is 0. The summed E-state index contributed by atoms with van der Waals surface area (Å²) in [5, 5.41) is 6.77. The van der Waals surface area contributed by atoms with Crippen LogP contribution in [0.4, 0.5) is 0 Å². The number of rotatable bonds is 8. The summed E-state index contributed by atoms with van der Waals surface area (Å²) in [6.45, 7) is 11.7. The SMILES string of the molecule is CCNC(=NCC1CCCO1)NCCCCN1CCN(C)CC1.I. The van der Waals surface area contributed by atoms with Crippen LogP contribution in [0.5, 0.6) is 0 Å². The average Bonchev–Trinajstić information content (AvgIpc) is 3.07. The van der Waals surface area contributed by atoms with Crippen LogP contribution >= 0.6 is 24.0 Å². The fourth-order valence-corrected chi connectivity index (χ4v) is 3.06. The fourth-order valence-electron chi connectivity index (χ4n) is 3.06. The van der Waals surface area contributed by atoms with Crippen LogP contribution in [0.15, 0.2) is 4.99 Å². The van der Waals surface area contributed by atoms with Crippen molar-refractivity contribution in [3.8, 4) is 0 Å². The number of likely N-dealkylation sites (N-methyl/N-ethyl adjacent to an activating group) is 1. The van der Waals surface area contributed by atoms with E-state index in [0.717, 1.165) is 38.6 Å². The zero-order valence-electron chi connectivity index (χ0n) is 15.4. The molecule has 7 heteroatoms. The Labute approximate surface area is 164 Å². The maximum atomic E-state index is 5.63. The Balaban J connectivity index is 0.00000288. The molecule has 6 nitrogen and oxygen atoms in total. The monoisotopic (exact) mass is 453 g/mol. The molecule has 0 bridgehead atoms. The Morgan fingerprint density at radius 1 is 1.17 bits per heavy atom. The van der Waals surface area contributed by atoms with Gasteiger partial charge in [0.1, 0.15) is 0 Å². The lowest BCUT2D eigenvalue weighted by molar-refractivity contribution is 0.117. The highest BCUT2D eigenvalue weighted by Crippen LogP contribution is 2.11. The molecule has 142 valence electrons. The Kier molecular flexibility index (Phi) is 12.0. The molecular formula is C17H36IN5O. The van der Waals surface area contributed by atoms with Gasteiger partial charge in [0.05, 0.1) is 12.6 Å². The molecular weight excluding hydrogens is 417 g/mol. The third-order valence-corrected chi connectivity index (χ3v) is 4.61. The lowest BCUT2D eigenvalue weighted by Gasteiger charge is -2.32. The summed E-state index contributed by atoms with van der Waals surface area (Å²) in [5.41, 5.74) is 0. The van der Waals surface area contributed by atoms with Gasteiger partial charge in [0.15, 0.2) is 5.96 Å². The van der Waals surface area contributed by atoms with Gasteiger partial charge >= 0.3 is 0 Å². The minimum absolute atomic E-state index is 0. The van der Waals surface area contributed by atoms with Crippen molar-refractivity contribution in [2.24, 2.45) is 4.99 Å². The largest absolute Gasteiger partial charge is 0.376 e. The summed E-state index contributed by atoms with van der Waals surface area (Å²) in [5.74, 6) is 0.933. The number of ether oxygens (including phenoxy) is 1. The van der Waals surface area contributed by atoms with Crippen LogP contribution in [0.2, 0.25) is 0 Å². The molecule has 0 amide bonds. The highest BCUT2D eigenvalue weighted by molar-refractivity contribution is 14.0. The van der Waals surface area contributed by atoms with Gasteiger partial charge in [-0.2, -0.15) is 0 Å². The van der Waals surface area contributed by atoms with Gasteiger partial charge < -0.3 is 25.2 Å². The quantitative estimate of drug-likeness (QED) is 0.252. The minimum atomic E-state index is 0. The number of hydrogen-bond acceptors (Lipinski definition) is 4. The van der Waals surface area contributed by atoms with Gasteiger partial charge in [-0.25, -0.2) is 0 Å². The molecule has 2 fully saturated rings. The number of guanidine groups is 1. The number of aliphatic imine (C=N–C) groups is 1. The first kappa shape index (κ1) is 21.9. The van der Waals surface area contributed by atoms with Crippen molar-refractivity contribution in [3.05, 3.63) is 0 Å². The fraction of sp³-hybridized carbons (Fsp3) is 0.941. The number of hydrogen-bond donors (Lipinski definition) is 2. The van der Waals surface area contributed by atoms with Crippen LogP contribution in [0, 0.1) is 0 Å². The zero-order chi connectivity index (χ0) is 16.3. The number of piperazine rings is 1. The van der Waals surface area contributed by atoms with Gasteiger partial charge in [0, 0.05) is 45.9 Å². The lowest BCUT2D eigenvalue weighted by atomic mass is 10.2. The van der Waals surface area contributed by atoms with Gasteiger partial charge in [0.25, 0.3) is 0 Å². The van der Waals surface area contributed by atoms with Crippen LogP contribution in [-0.4, -0.2) is 87.9 Å². The highest BCUT2D eigenvalue weighted by Gasteiger charge is 2.15. The molecule has 0 aromatic heterocycles. The minimum Gasteiger partial charge on any atom is -0.376 e. The molecule has 2 aliphatic rings. The van der Waals surface area contributed by atoms with E-state index in [0.29, 0.717) is 6.10 Å². The van der Waals surface area contributed by atoms with E-state index in [4.69, 9.17) is 4.74 Å². The number of halogens is 1. The highest BCUT2D eigenvalue weighted by atomic mass is 127. The predicted octanol–water partition coefficient (Wildman–Crippen LogP) is 1.37. The maximum absolute atomic E-state index is 5.63. The number of nitrogens with one attached hydrogen (secondary N) is 2. The van der Waals surface area contributed by atoms with Crippen molar-refractivity contribution in [3.63, 3.8) is 0 Å². The molecule has 1 unspecified atom stereocenters. The molecule has 0 aliphatic carbocycles. The van der Waals surface area contributed by atoms with Crippen molar-refractivity contribution in [2.45, 2.75) is 38.7 Å². The second-order valence-electron chi connectivity index (χ2n) is 6.63. The second kappa shape index (κ2) is 13.1. The van der Waals surface area contributed by atoms with Crippen LogP contribution in [0.1, 0.15) is 32.6 Å². The van der Waals surface area contributed by atoms with E-state index in [1.54, 1.807) is 0 Å². The average molecular weight is 453 g/mol. The van der Waals surface area contributed by atoms with Crippen LogP contribution in [0.3, 0.4) is 0 Å². The van der Waals surface area contributed by atoms with Crippen molar-refractivity contribution < 1.29 is 4.74 Å². The number of unbranched alkanes of at least 4 members (excludes halogenated alkanes) is 1. The number of nitrogens with zero attached hydrogens (tertiary/aromatic N) is 3. The molecule has 24 heavy (non-hydrogen) atoms. The molecule has 2 aliphatic heterocycles. The summed E-state index contributed by atoms with van der Waals surface area (Å²) in [7, 11) is 2.21. The smallest absolute Gasteiger partial charge is 0.191 e. The van der Waals surface area contributed by atoms with E-state index in [-0.39, 0.29) is 24.0 Å². The third-order valence-electron chi connectivity index (χ3n) is 4.61. The van der Waals surface area contributed by atoms with E-state index in [1.807, 2.05) is 0 Å². The van der Waals surface area contributed by atoms with E-state index in [9.17, 15) is 0 Å². The van der Waals surface area contributed by atoms with Crippen LogP contribution < -0.4 is 10.6 Å². The molecule has 0 saturated carbocycles. The first-order chi connectivity index (χ1) is 11.3. The Hall–Kier alpha value is -0.120. The van der Waals surface area contributed by atoms with Gasteiger partial charge in [-0.05, 0) is 46.2 Å². The van der Waals surface area contributed by atoms with Gasteiger partial charge in [-0.1, -0.05) is 0 Å². The first-order valence-corrected chi connectivity index (χ1v) is 9.32. The van der Waals surface area contributed by atoms with Crippen molar-refractivity contribution in [1.29, 1.82) is 0 Å². The van der Waals surface area contributed by atoms with Crippen LogP contribution in [0.25, 0.3) is 0 Å². The zero-order valence-corrected chi connectivity index (χ0v) is 17.8. The Morgan fingerprint density at radius 2 is 1.96 bits per heavy atom. The normalized spacial score (nSPS) is 23.1. The van der Waals surface area contributed by atoms with Gasteiger partial charge in [-0.15, -0.1) is 24.0 Å². The summed E-state index contributed by atoms with van der Waals surface area (Å²) in [6.07, 6.45) is 5.09. The molecule has 2 heterocycles. The predicted molar refractivity (Wildman–Crippen MR) is 112 cm³/mol. The van der Waals surface area contributed by atoms with Gasteiger partial charge in [-0.3, -0.25) is 4.99 Å². The second-order valence-corrected chi connectivity index (χ2v) is 6.63. The topological polar surface area (TPSA) is 52.1 Å². The maximum Gasteiger partial charge on any atom is 0.191 e. The Morgan fingerprint density at radius 3 is 2.62 bits per heavy atom. The molecule has 2 rings (SSSR count). The van der Waals surface area contributed by atoms with Crippen molar-refractivity contribution >= 4 is 29.9 Å². The molecule has 2 saturated heterocycles. The van der Waals surface area contributed by atoms with E-state index >= 15 is 0 Å². The molecule has 0 aromatic rings. The molecule has 1 atom stereocenters. The molecule has 0 aromatic carbocycles. The van der Waals surface area contributed by atoms with Crippen LogP contribution in [-0.2, 0) is 4.74 Å². The lowest BCUT2D eigenvalue weighted by Crippen LogP contribution is -2.44. The summed E-state index contributed by atoms with van der Waals surface area (Å²) >= 11 is 0. The third kappa shape index (κ3) is 8.82.